The van der Waals surface area contributed by atoms with Crippen LogP contribution >= 0.6 is 0 Å². The molecule has 2 aromatic rings. The molecule has 2 aromatic carbocycles. The zero-order valence-electron chi connectivity index (χ0n) is 14.9. The van der Waals surface area contributed by atoms with Crippen molar-refractivity contribution in [3.05, 3.63) is 35.4 Å². The van der Waals surface area contributed by atoms with Gasteiger partial charge in [-0.2, -0.15) is 4.39 Å². The second-order valence-corrected chi connectivity index (χ2v) is 7.20. The van der Waals surface area contributed by atoms with Crippen LogP contribution in [0.1, 0.15) is 55.8 Å². The average molecular weight is 362 g/mol. The predicted molar refractivity (Wildman–Crippen MR) is 96.8 cm³/mol. The van der Waals surface area contributed by atoms with Crippen LogP contribution in [0.3, 0.4) is 0 Å². The fourth-order valence-electron chi connectivity index (χ4n) is 3.94. The Morgan fingerprint density at radius 2 is 1.85 bits per heavy atom. The maximum atomic E-state index is 14.5. The van der Waals surface area contributed by atoms with Crippen molar-refractivity contribution in [2.24, 2.45) is 11.8 Å². The molecule has 140 valence electrons. The van der Waals surface area contributed by atoms with Gasteiger partial charge < -0.3 is 9.84 Å². The Morgan fingerprint density at radius 1 is 1.15 bits per heavy atom. The third kappa shape index (κ3) is 3.67. The second kappa shape index (κ2) is 8.02. The van der Waals surface area contributed by atoms with Crippen LogP contribution in [0, 0.1) is 23.5 Å². The molecule has 0 heterocycles. The van der Waals surface area contributed by atoms with E-state index >= 15 is 0 Å². The number of aromatic hydroxyl groups is 1. The van der Waals surface area contributed by atoms with E-state index in [4.69, 9.17) is 4.74 Å². The van der Waals surface area contributed by atoms with Crippen LogP contribution in [0.15, 0.2) is 18.2 Å². The van der Waals surface area contributed by atoms with Crippen LogP contribution in [-0.4, -0.2) is 18.0 Å². The van der Waals surface area contributed by atoms with E-state index in [9.17, 15) is 18.7 Å². The first-order chi connectivity index (χ1) is 12.5. The van der Waals surface area contributed by atoms with Crippen molar-refractivity contribution >= 4 is 17.1 Å². The summed E-state index contributed by atoms with van der Waals surface area (Å²) in [6.07, 6.45) is 7.21. The van der Waals surface area contributed by atoms with E-state index in [-0.39, 0.29) is 22.4 Å². The summed E-state index contributed by atoms with van der Waals surface area (Å²) in [6.45, 7) is 2.56. The number of benzene rings is 2. The average Bonchev–Trinajstić information content (AvgIpc) is 2.65. The summed E-state index contributed by atoms with van der Waals surface area (Å²) in [5.41, 5.74) is -0.250. The third-order valence-corrected chi connectivity index (χ3v) is 5.43. The van der Waals surface area contributed by atoms with Gasteiger partial charge in [0.1, 0.15) is 5.75 Å². The molecule has 3 nitrogen and oxygen atoms in total. The molecule has 1 aliphatic carbocycles. The maximum Gasteiger partial charge on any atom is 0.201 e. The number of carbonyl (C=O) groups excluding carboxylic acids is 1. The number of fused-ring (bicyclic) bond motifs is 1. The van der Waals surface area contributed by atoms with Crippen LogP contribution in [0.2, 0.25) is 0 Å². The summed E-state index contributed by atoms with van der Waals surface area (Å²) in [7, 11) is 0. The van der Waals surface area contributed by atoms with E-state index in [1.54, 1.807) is 0 Å². The van der Waals surface area contributed by atoms with E-state index in [0.29, 0.717) is 24.2 Å². The van der Waals surface area contributed by atoms with E-state index in [1.807, 2.05) is 0 Å². The molecular weight excluding hydrogens is 338 g/mol. The van der Waals surface area contributed by atoms with Crippen molar-refractivity contribution in [2.75, 3.05) is 6.61 Å². The van der Waals surface area contributed by atoms with Gasteiger partial charge in [0.15, 0.2) is 17.9 Å². The molecule has 0 radical (unpaired) electrons. The Labute approximate surface area is 152 Å². The Hall–Kier alpha value is -2.17. The van der Waals surface area contributed by atoms with Gasteiger partial charge >= 0.3 is 0 Å². The molecule has 1 saturated carbocycles. The van der Waals surface area contributed by atoms with Crippen molar-refractivity contribution in [3.63, 3.8) is 0 Å². The summed E-state index contributed by atoms with van der Waals surface area (Å²) in [5, 5.41) is 9.78. The monoisotopic (exact) mass is 362 g/mol. The number of carbonyl (C=O) groups is 1. The molecule has 0 bridgehead atoms. The first-order valence-electron chi connectivity index (χ1n) is 9.26. The Morgan fingerprint density at radius 3 is 2.50 bits per heavy atom. The highest BCUT2D eigenvalue weighted by Crippen LogP contribution is 2.35. The van der Waals surface area contributed by atoms with Gasteiger partial charge in [-0.25, -0.2) is 4.39 Å². The number of hydrogen-bond donors (Lipinski definition) is 1. The standard InChI is InChI=1S/C21H24F2O3/c1-2-3-13-4-6-14(7-5-13)12-26-18-10-15-8-9-17(25)16(11-24)19(15)21(23)20(18)22/h8-11,13-14,25H,2-7,12H2,1H3. The number of phenols is 1. The number of rotatable bonds is 6. The molecule has 1 fully saturated rings. The molecule has 3 rings (SSSR count). The minimum atomic E-state index is -1.16. The highest BCUT2D eigenvalue weighted by molar-refractivity contribution is 6.01. The molecular formula is C21H24F2O3. The van der Waals surface area contributed by atoms with E-state index in [0.717, 1.165) is 18.8 Å². The second-order valence-electron chi connectivity index (χ2n) is 7.20. The molecule has 0 amide bonds. The molecule has 1 aliphatic rings. The summed E-state index contributed by atoms with van der Waals surface area (Å²) in [5.74, 6) is -1.67. The normalized spacial score (nSPS) is 20.3. The van der Waals surface area contributed by atoms with Gasteiger partial charge in [0.05, 0.1) is 12.2 Å². The van der Waals surface area contributed by atoms with Crippen LogP contribution in [0.5, 0.6) is 11.5 Å². The number of hydrogen-bond acceptors (Lipinski definition) is 3. The van der Waals surface area contributed by atoms with E-state index in [2.05, 4.69) is 6.92 Å². The number of halogens is 2. The molecule has 0 unspecified atom stereocenters. The third-order valence-electron chi connectivity index (χ3n) is 5.43. The maximum absolute atomic E-state index is 14.5. The molecule has 0 atom stereocenters. The van der Waals surface area contributed by atoms with Crippen molar-refractivity contribution in [1.29, 1.82) is 0 Å². The number of aldehydes is 1. The minimum Gasteiger partial charge on any atom is -0.507 e. The lowest BCUT2D eigenvalue weighted by Crippen LogP contribution is -2.20. The largest absolute Gasteiger partial charge is 0.507 e. The van der Waals surface area contributed by atoms with Gasteiger partial charge in [-0.05, 0) is 42.2 Å². The van der Waals surface area contributed by atoms with Crippen molar-refractivity contribution in [2.45, 2.75) is 45.4 Å². The summed E-state index contributed by atoms with van der Waals surface area (Å²) in [6, 6.07) is 4.13. The smallest absolute Gasteiger partial charge is 0.201 e. The topological polar surface area (TPSA) is 46.5 Å². The Balaban J connectivity index is 1.76. The first kappa shape index (κ1) is 18.6. The lowest BCUT2D eigenvalue weighted by atomic mass is 9.80. The van der Waals surface area contributed by atoms with Crippen molar-refractivity contribution in [1.82, 2.24) is 0 Å². The molecule has 0 saturated heterocycles. The van der Waals surface area contributed by atoms with Gasteiger partial charge in [-0.15, -0.1) is 0 Å². The SMILES string of the molecule is CCCC1CCC(COc2cc3ccc(O)c(C=O)c3c(F)c2F)CC1. The van der Waals surface area contributed by atoms with Crippen LogP contribution < -0.4 is 4.74 Å². The zero-order valence-corrected chi connectivity index (χ0v) is 14.9. The highest BCUT2D eigenvalue weighted by Gasteiger charge is 2.23. The van der Waals surface area contributed by atoms with Crippen molar-refractivity contribution < 1.29 is 23.4 Å². The van der Waals surface area contributed by atoms with Gasteiger partial charge in [0.2, 0.25) is 5.82 Å². The minimum absolute atomic E-state index is 0.145. The van der Waals surface area contributed by atoms with Crippen LogP contribution in [0.25, 0.3) is 10.8 Å². The zero-order chi connectivity index (χ0) is 18.7. The quantitative estimate of drug-likeness (QED) is 0.678. The molecule has 0 spiro atoms. The van der Waals surface area contributed by atoms with Gasteiger partial charge in [-0.1, -0.05) is 38.7 Å². The first-order valence-corrected chi connectivity index (χ1v) is 9.26. The molecule has 26 heavy (non-hydrogen) atoms. The summed E-state index contributed by atoms with van der Waals surface area (Å²) >= 11 is 0. The van der Waals surface area contributed by atoms with Crippen LogP contribution in [-0.2, 0) is 0 Å². The highest BCUT2D eigenvalue weighted by atomic mass is 19.2. The van der Waals surface area contributed by atoms with Gasteiger partial charge in [0.25, 0.3) is 0 Å². The predicted octanol–water partition coefficient (Wildman–Crippen LogP) is 5.62. The molecule has 0 aromatic heterocycles. The van der Waals surface area contributed by atoms with Crippen LogP contribution in [0.4, 0.5) is 8.78 Å². The molecule has 0 aliphatic heterocycles. The Bertz CT molecular complexity index is 796. The van der Waals surface area contributed by atoms with Crippen molar-refractivity contribution in [3.8, 4) is 11.5 Å². The Kier molecular flexibility index (Phi) is 5.74. The lowest BCUT2D eigenvalue weighted by molar-refractivity contribution is 0.112. The fraction of sp³-hybridized carbons (Fsp3) is 0.476. The number of ether oxygens (including phenoxy) is 1. The van der Waals surface area contributed by atoms with Gasteiger partial charge in [0, 0.05) is 5.39 Å². The van der Waals surface area contributed by atoms with E-state index < -0.39 is 11.6 Å². The summed E-state index contributed by atoms with van der Waals surface area (Å²) in [4.78, 5) is 11.1. The number of phenolic OH excluding ortho intramolecular Hbond substituents is 1. The van der Waals surface area contributed by atoms with Gasteiger partial charge in [-0.3, -0.25) is 4.79 Å². The fourth-order valence-corrected chi connectivity index (χ4v) is 3.94. The summed E-state index contributed by atoms with van der Waals surface area (Å²) < 4.78 is 34.5. The van der Waals surface area contributed by atoms with E-state index in [1.165, 1.54) is 43.9 Å². The molecule has 1 N–H and O–H groups in total. The lowest BCUT2D eigenvalue weighted by Gasteiger charge is -2.28. The molecule has 5 heteroatoms.